The molecule has 0 aliphatic carbocycles. The molecule has 3 heteroatoms. The largest absolute Gasteiger partial charge is 0.469 e. The fourth-order valence-electron chi connectivity index (χ4n) is 1.54. The van der Waals surface area contributed by atoms with Crippen molar-refractivity contribution in [1.82, 2.24) is 4.57 Å². The lowest BCUT2D eigenvalue weighted by atomic mass is 10.1. The summed E-state index contributed by atoms with van der Waals surface area (Å²) < 4.78 is 7.11. The Hall–Kier alpha value is -1.77. The van der Waals surface area contributed by atoms with Crippen LogP contribution in [0.4, 0.5) is 0 Å². The van der Waals surface area contributed by atoms with Crippen LogP contribution in [0.2, 0.25) is 0 Å². The van der Waals surface area contributed by atoms with Gasteiger partial charge in [-0.3, -0.25) is 4.79 Å². The van der Waals surface area contributed by atoms with Crippen molar-refractivity contribution in [3.8, 4) is 11.3 Å². The molecule has 0 aromatic carbocycles. The van der Waals surface area contributed by atoms with Gasteiger partial charge < -0.3 is 8.98 Å². The number of nitrogens with zero attached hydrogens (tertiary/aromatic N) is 1. The van der Waals surface area contributed by atoms with E-state index in [4.69, 9.17) is 4.42 Å². The molecule has 14 heavy (non-hydrogen) atoms. The van der Waals surface area contributed by atoms with Crippen LogP contribution in [0.25, 0.3) is 11.3 Å². The number of rotatable bonds is 1. The molecular weight excluding hydrogens is 178 g/mol. The molecule has 0 saturated heterocycles. The van der Waals surface area contributed by atoms with E-state index in [1.165, 1.54) is 12.3 Å². The summed E-state index contributed by atoms with van der Waals surface area (Å²) in [7, 11) is 1.90. The third-order valence-electron chi connectivity index (χ3n) is 2.26. The molecule has 0 aliphatic rings. The van der Waals surface area contributed by atoms with E-state index in [-0.39, 0.29) is 5.43 Å². The SMILES string of the molecule is Cc1occc(=O)c1-c1cccn1C. The molecule has 0 amide bonds. The fourth-order valence-corrected chi connectivity index (χ4v) is 1.54. The molecule has 2 aromatic rings. The molecule has 0 bridgehead atoms. The second kappa shape index (κ2) is 3.18. The molecule has 0 radical (unpaired) electrons. The Morgan fingerprint density at radius 2 is 2.14 bits per heavy atom. The van der Waals surface area contributed by atoms with Crippen LogP contribution >= 0.6 is 0 Å². The highest BCUT2D eigenvalue weighted by Gasteiger charge is 2.09. The monoisotopic (exact) mass is 189 g/mol. The molecule has 2 rings (SSSR count). The first kappa shape index (κ1) is 8.81. The van der Waals surface area contributed by atoms with Crippen molar-refractivity contribution in [2.75, 3.05) is 0 Å². The lowest BCUT2D eigenvalue weighted by Gasteiger charge is -2.04. The Morgan fingerprint density at radius 3 is 2.71 bits per heavy atom. The van der Waals surface area contributed by atoms with E-state index in [2.05, 4.69) is 0 Å². The second-order valence-electron chi connectivity index (χ2n) is 3.22. The summed E-state index contributed by atoms with van der Waals surface area (Å²) in [6.07, 6.45) is 3.32. The summed E-state index contributed by atoms with van der Waals surface area (Å²) in [6.45, 7) is 1.80. The van der Waals surface area contributed by atoms with Crippen molar-refractivity contribution in [2.45, 2.75) is 6.92 Å². The van der Waals surface area contributed by atoms with Gasteiger partial charge in [-0.05, 0) is 19.1 Å². The van der Waals surface area contributed by atoms with Gasteiger partial charge in [0.2, 0.25) is 0 Å². The highest BCUT2D eigenvalue weighted by Crippen LogP contribution is 2.18. The number of aromatic nitrogens is 1. The predicted molar refractivity (Wildman–Crippen MR) is 54.1 cm³/mol. The Labute approximate surface area is 81.6 Å². The maximum absolute atomic E-state index is 11.6. The first-order valence-corrected chi connectivity index (χ1v) is 4.40. The molecule has 0 atom stereocenters. The molecule has 72 valence electrons. The van der Waals surface area contributed by atoms with Crippen LogP contribution < -0.4 is 5.43 Å². The van der Waals surface area contributed by atoms with E-state index >= 15 is 0 Å². The molecule has 0 unspecified atom stereocenters. The van der Waals surface area contributed by atoms with Gasteiger partial charge in [-0.1, -0.05) is 0 Å². The highest BCUT2D eigenvalue weighted by atomic mass is 16.3. The molecule has 2 aromatic heterocycles. The number of hydrogen-bond acceptors (Lipinski definition) is 2. The summed E-state index contributed by atoms with van der Waals surface area (Å²) in [6, 6.07) is 5.25. The Balaban J connectivity index is 2.74. The van der Waals surface area contributed by atoms with E-state index < -0.39 is 0 Å². The second-order valence-corrected chi connectivity index (χ2v) is 3.22. The van der Waals surface area contributed by atoms with Gasteiger partial charge in [0.15, 0.2) is 5.43 Å². The topological polar surface area (TPSA) is 35.1 Å². The first-order valence-electron chi connectivity index (χ1n) is 4.40. The normalized spacial score (nSPS) is 10.4. The van der Waals surface area contributed by atoms with Crippen molar-refractivity contribution >= 4 is 0 Å². The number of aryl methyl sites for hydroxylation is 2. The van der Waals surface area contributed by atoms with Gasteiger partial charge >= 0.3 is 0 Å². The third-order valence-corrected chi connectivity index (χ3v) is 2.26. The van der Waals surface area contributed by atoms with E-state index in [9.17, 15) is 4.79 Å². The maximum atomic E-state index is 11.6. The lowest BCUT2D eigenvalue weighted by molar-refractivity contribution is 0.516. The zero-order valence-electron chi connectivity index (χ0n) is 8.15. The van der Waals surface area contributed by atoms with Gasteiger partial charge in [0.05, 0.1) is 17.5 Å². The predicted octanol–water partition coefficient (Wildman–Crippen LogP) is 1.95. The number of hydrogen-bond donors (Lipinski definition) is 0. The minimum Gasteiger partial charge on any atom is -0.469 e. The van der Waals surface area contributed by atoms with Crippen molar-refractivity contribution in [1.29, 1.82) is 0 Å². The first-order chi connectivity index (χ1) is 6.70. The van der Waals surface area contributed by atoms with Gasteiger partial charge in [0.1, 0.15) is 5.76 Å². The van der Waals surface area contributed by atoms with Crippen LogP contribution in [0.1, 0.15) is 5.76 Å². The summed E-state index contributed by atoms with van der Waals surface area (Å²) in [5, 5.41) is 0. The minimum atomic E-state index is -0.00412. The summed E-state index contributed by atoms with van der Waals surface area (Å²) in [4.78, 5) is 11.6. The molecular formula is C11H11NO2. The van der Waals surface area contributed by atoms with Crippen molar-refractivity contribution in [2.24, 2.45) is 7.05 Å². The van der Waals surface area contributed by atoms with Gasteiger partial charge in [0.25, 0.3) is 0 Å². The van der Waals surface area contributed by atoms with E-state index in [1.54, 1.807) is 6.92 Å². The quantitative estimate of drug-likeness (QED) is 0.687. The van der Waals surface area contributed by atoms with Crippen LogP contribution in [0.15, 0.2) is 39.9 Å². The molecule has 0 aliphatic heterocycles. The third kappa shape index (κ3) is 1.27. The summed E-state index contributed by atoms with van der Waals surface area (Å²) >= 11 is 0. The standard InChI is InChI=1S/C11H11NO2/c1-8-11(10(13)5-7-14-8)9-4-3-6-12(9)2/h3-7H,1-2H3. The average Bonchev–Trinajstić information content (AvgIpc) is 2.52. The molecule has 2 heterocycles. The summed E-state index contributed by atoms with van der Waals surface area (Å²) in [5.41, 5.74) is 1.52. The Morgan fingerprint density at radius 1 is 1.36 bits per heavy atom. The van der Waals surface area contributed by atoms with Crippen LogP contribution in [0, 0.1) is 6.92 Å². The Bertz CT molecular complexity index is 508. The lowest BCUT2D eigenvalue weighted by Crippen LogP contribution is -2.06. The van der Waals surface area contributed by atoms with Crippen molar-refractivity contribution < 1.29 is 4.42 Å². The zero-order chi connectivity index (χ0) is 10.1. The van der Waals surface area contributed by atoms with Crippen molar-refractivity contribution in [3.05, 3.63) is 46.6 Å². The van der Waals surface area contributed by atoms with Crippen LogP contribution in [0.3, 0.4) is 0 Å². The molecule has 0 spiro atoms. The molecule has 0 fully saturated rings. The fraction of sp³-hybridized carbons (Fsp3) is 0.182. The van der Waals surface area contributed by atoms with Crippen LogP contribution in [-0.2, 0) is 7.05 Å². The Kier molecular flexibility index (Phi) is 2.00. The highest BCUT2D eigenvalue weighted by molar-refractivity contribution is 5.61. The van der Waals surface area contributed by atoms with Gasteiger partial charge in [-0.15, -0.1) is 0 Å². The van der Waals surface area contributed by atoms with Crippen LogP contribution in [0.5, 0.6) is 0 Å². The molecule has 0 N–H and O–H groups in total. The smallest absolute Gasteiger partial charge is 0.194 e. The van der Waals surface area contributed by atoms with Gasteiger partial charge in [-0.25, -0.2) is 0 Å². The van der Waals surface area contributed by atoms with E-state index in [1.807, 2.05) is 29.9 Å². The van der Waals surface area contributed by atoms with E-state index in [0.717, 1.165) is 5.69 Å². The molecule has 0 saturated carbocycles. The van der Waals surface area contributed by atoms with Gasteiger partial charge in [0, 0.05) is 19.3 Å². The maximum Gasteiger partial charge on any atom is 0.194 e. The average molecular weight is 189 g/mol. The van der Waals surface area contributed by atoms with Crippen LogP contribution in [-0.4, -0.2) is 4.57 Å². The summed E-state index contributed by atoms with van der Waals surface area (Å²) in [5.74, 6) is 0.652. The van der Waals surface area contributed by atoms with Gasteiger partial charge in [-0.2, -0.15) is 0 Å². The van der Waals surface area contributed by atoms with Crippen molar-refractivity contribution in [3.63, 3.8) is 0 Å². The zero-order valence-corrected chi connectivity index (χ0v) is 8.15. The molecule has 3 nitrogen and oxygen atoms in total. The van der Waals surface area contributed by atoms with E-state index in [0.29, 0.717) is 11.3 Å². The minimum absolute atomic E-state index is 0.00412.